The van der Waals surface area contributed by atoms with Crippen LogP contribution >= 0.6 is 0 Å². The van der Waals surface area contributed by atoms with Gasteiger partial charge in [0.25, 0.3) is 0 Å². The van der Waals surface area contributed by atoms with Crippen LogP contribution in [0.1, 0.15) is 25.7 Å². The Kier molecular flexibility index (Phi) is 5.78. The maximum atomic E-state index is 9.93. The summed E-state index contributed by atoms with van der Waals surface area (Å²) < 4.78 is 0. The van der Waals surface area contributed by atoms with Crippen LogP contribution in [0.4, 0.5) is 0 Å². The smallest absolute Gasteiger partial charge is 0.198 e. The number of hydrogen-bond acceptors (Lipinski definition) is 3. The van der Waals surface area contributed by atoms with Crippen LogP contribution in [-0.4, -0.2) is 43.9 Å². The SMILES string of the molecule is O=[C]CCCCCN1CCNCC1. The van der Waals surface area contributed by atoms with E-state index in [1.807, 2.05) is 6.29 Å². The second kappa shape index (κ2) is 7.04. The van der Waals surface area contributed by atoms with E-state index in [1.54, 1.807) is 0 Å². The van der Waals surface area contributed by atoms with Crippen LogP contribution in [0.5, 0.6) is 0 Å². The highest BCUT2D eigenvalue weighted by Gasteiger charge is 2.07. The van der Waals surface area contributed by atoms with Crippen molar-refractivity contribution in [2.24, 2.45) is 0 Å². The summed E-state index contributed by atoms with van der Waals surface area (Å²) in [5.74, 6) is 0. The summed E-state index contributed by atoms with van der Waals surface area (Å²) in [6.45, 7) is 5.81. The predicted molar refractivity (Wildman–Crippen MR) is 53.5 cm³/mol. The lowest BCUT2D eigenvalue weighted by Gasteiger charge is -2.26. The van der Waals surface area contributed by atoms with Crippen molar-refractivity contribution in [3.63, 3.8) is 0 Å². The zero-order chi connectivity index (χ0) is 9.36. The largest absolute Gasteiger partial charge is 0.314 e. The third-order valence-corrected chi connectivity index (χ3v) is 2.46. The molecule has 0 amide bonds. The van der Waals surface area contributed by atoms with Gasteiger partial charge in [0.1, 0.15) is 0 Å². The molecule has 0 aliphatic carbocycles. The quantitative estimate of drug-likeness (QED) is 0.611. The Balaban J connectivity index is 1.89. The molecule has 0 saturated carbocycles. The summed E-state index contributed by atoms with van der Waals surface area (Å²) in [4.78, 5) is 12.4. The highest BCUT2D eigenvalue weighted by Crippen LogP contribution is 2.01. The molecule has 0 aromatic carbocycles. The molecular weight excluding hydrogens is 164 g/mol. The summed E-state index contributed by atoms with van der Waals surface area (Å²) in [6, 6.07) is 0. The normalized spacial score (nSPS) is 18.8. The highest BCUT2D eigenvalue weighted by molar-refractivity contribution is 5.50. The predicted octanol–water partition coefficient (Wildman–Crippen LogP) is 0.562. The van der Waals surface area contributed by atoms with Gasteiger partial charge in [-0.05, 0) is 19.4 Å². The molecule has 0 spiro atoms. The van der Waals surface area contributed by atoms with Gasteiger partial charge in [-0.2, -0.15) is 0 Å². The van der Waals surface area contributed by atoms with E-state index < -0.39 is 0 Å². The second-order valence-electron chi connectivity index (χ2n) is 3.55. The Morgan fingerprint density at radius 2 is 1.92 bits per heavy atom. The van der Waals surface area contributed by atoms with E-state index in [-0.39, 0.29) is 0 Å². The third kappa shape index (κ3) is 5.01. The van der Waals surface area contributed by atoms with Gasteiger partial charge in [0.2, 0.25) is 0 Å². The van der Waals surface area contributed by atoms with Crippen LogP contribution in [-0.2, 0) is 4.79 Å². The summed E-state index contributed by atoms with van der Waals surface area (Å²) in [5.41, 5.74) is 0. The van der Waals surface area contributed by atoms with Crippen molar-refractivity contribution in [2.45, 2.75) is 25.7 Å². The van der Waals surface area contributed by atoms with Gasteiger partial charge in [-0.15, -0.1) is 0 Å². The van der Waals surface area contributed by atoms with Gasteiger partial charge in [0.15, 0.2) is 6.29 Å². The molecule has 3 nitrogen and oxygen atoms in total. The molecule has 1 aliphatic rings. The summed E-state index contributed by atoms with van der Waals surface area (Å²) >= 11 is 0. The Morgan fingerprint density at radius 3 is 2.62 bits per heavy atom. The topological polar surface area (TPSA) is 32.3 Å². The minimum atomic E-state index is 0.613. The first-order valence-electron chi connectivity index (χ1n) is 5.21. The molecule has 0 aromatic heterocycles. The minimum Gasteiger partial charge on any atom is -0.314 e. The fourth-order valence-corrected chi connectivity index (χ4v) is 1.64. The summed E-state index contributed by atoms with van der Waals surface area (Å²) in [5, 5.41) is 3.33. The van der Waals surface area contributed by atoms with Crippen molar-refractivity contribution in [1.82, 2.24) is 10.2 Å². The minimum absolute atomic E-state index is 0.613. The van der Waals surface area contributed by atoms with Crippen molar-refractivity contribution in [2.75, 3.05) is 32.7 Å². The number of nitrogens with zero attached hydrogens (tertiary/aromatic N) is 1. The van der Waals surface area contributed by atoms with E-state index in [2.05, 4.69) is 10.2 Å². The highest BCUT2D eigenvalue weighted by atomic mass is 16.1. The van der Waals surface area contributed by atoms with Gasteiger partial charge in [-0.25, -0.2) is 0 Å². The van der Waals surface area contributed by atoms with Crippen LogP contribution in [0.25, 0.3) is 0 Å². The van der Waals surface area contributed by atoms with E-state index in [0.29, 0.717) is 6.42 Å². The molecule has 1 fully saturated rings. The molecule has 0 bridgehead atoms. The van der Waals surface area contributed by atoms with Crippen LogP contribution in [0.2, 0.25) is 0 Å². The van der Waals surface area contributed by atoms with Crippen molar-refractivity contribution < 1.29 is 4.79 Å². The van der Waals surface area contributed by atoms with Crippen molar-refractivity contribution in [3.8, 4) is 0 Å². The number of piperazine rings is 1. The summed E-state index contributed by atoms with van der Waals surface area (Å²) in [7, 11) is 0. The molecule has 1 aliphatic heterocycles. The number of unbranched alkanes of at least 4 members (excludes halogenated alkanes) is 3. The lowest BCUT2D eigenvalue weighted by Crippen LogP contribution is -2.43. The molecule has 0 atom stereocenters. The zero-order valence-corrected chi connectivity index (χ0v) is 8.22. The molecule has 0 unspecified atom stereocenters. The average Bonchev–Trinajstić information content (AvgIpc) is 2.19. The third-order valence-electron chi connectivity index (χ3n) is 2.46. The van der Waals surface area contributed by atoms with Gasteiger partial charge in [0, 0.05) is 32.6 Å². The van der Waals surface area contributed by atoms with Gasteiger partial charge in [-0.1, -0.05) is 6.42 Å². The van der Waals surface area contributed by atoms with Gasteiger partial charge in [-0.3, -0.25) is 4.79 Å². The van der Waals surface area contributed by atoms with Crippen LogP contribution in [0, 0.1) is 0 Å². The summed E-state index contributed by atoms with van der Waals surface area (Å²) in [6.07, 6.45) is 5.94. The first kappa shape index (κ1) is 10.7. The van der Waals surface area contributed by atoms with E-state index in [4.69, 9.17) is 0 Å². The monoisotopic (exact) mass is 183 g/mol. The lowest BCUT2D eigenvalue weighted by atomic mass is 10.2. The van der Waals surface area contributed by atoms with Crippen LogP contribution < -0.4 is 5.32 Å². The van der Waals surface area contributed by atoms with E-state index in [0.717, 1.165) is 19.5 Å². The van der Waals surface area contributed by atoms with Crippen LogP contribution in [0.3, 0.4) is 0 Å². The molecule has 1 rings (SSSR count). The van der Waals surface area contributed by atoms with Gasteiger partial charge in [0.05, 0.1) is 0 Å². The average molecular weight is 183 g/mol. The van der Waals surface area contributed by atoms with Crippen molar-refractivity contribution >= 4 is 6.29 Å². The number of rotatable bonds is 6. The molecule has 1 N–H and O–H groups in total. The van der Waals surface area contributed by atoms with E-state index >= 15 is 0 Å². The van der Waals surface area contributed by atoms with Gasteiger partial charge < -0.3 is 10.2 Å². The lowest BCUT2D eigenvalue weighted by molar-refractivity contribution is 0.236. The van der Waals surface area contributed by atoms with Crippen molar-refractivity contribution in [1.29, 1.82) is 0 Å². The number of nitrogens with one attached hydrogen (secondary N) is 1. The Labute approximate surface area is 80.5 Å². The molecule has 1 saturated heterocycles. The Hall–Kier alpha value is -0.410. The fraction of sp³-hybridized carbons (Fsp3) is 0.900. The first-order chi connectivity index (χ1) is 6.43. The molecule has 0 aromatic rings. The standard InChI is InChI=1S/C10H19N2O/c13-10-4-2-1-3-7-12-8-5-11-6-9-12/h11H,1-9H2. The Bertz CT molecular complexity index is 133. The number of hydrogen-bond donors (Lipinski definition) is 1. The molecular formula is C10H19N2O. The molecule has 1 radical (unpaired) electrons. The fourth-order valence-electron chi connectivity index (χ4n) is 1.64. The second-order valence-corrected chi connectivity index (χ2v) is 3.55. The van der Waals surface area contributed by atoms with E-state index in [9.17, 15) is 4.79 Å². The van der Waals surface area contributed by atoms with Gasteiger partial charge >= 0.3 is 0 Å². The zero-order valence-electron chi connectivity index (χ0n) is 8.22. The molecule has 75 valence electrons. The molecule has 3 heteroatoms. The van der Waals surface area contributed by atoms with E-state index in [1.165, 1.54) is 32.5 Å². The maximum absolute atomic E-state index is 9.93. The number of carbonyl (C=O) groups excluding carboxylic acids is 1. The first-order valence-corrected chi connectivity index (χ1v) is 5.21. The molecule has 13 heavy (non-hydrogen) atoms. The molecule has 1 heterocycles. The Morgan fingerprint density at radius 1 is 1.15 bits per heavy atom. The van der Waals surface area contributed by atoms with Crippen LogP contribution in [0.15, 0.2) is 0 Å². The van der Waals surface area contributed by atoms with Crippen molar-refractivity contribution in [3.05, 3.63) is 0 Å². The maximum Gasteiger partial charge on any atom is 0.198 e.